The minimum atomic E-state index is -0.351. The molecule has 0 bridgehead atoms. The van der Waals surface area contributed by atoms with Crippen LogP contribution in [-0.2, 0) is 19.1 Å². The molecule has 3 rings (SSSR count). The average Bonchev–Trinajstić information content (AvgIpc) is 3.11. The van der Waals surface area contributed by atoms with Crippen molar-refractivity contribution in [2.24, 2.45) is 5.92 Å². The maximum Gasteiger partial charge on any atom is 0.338 e. The molecule has 2 aromatic rings. The van der Waals surface area contributed by atoms with Gasteiger partial charge in [-0.25, -0.2) is 9.59 Å². The summed E-state index contributed by atoms with van der Waals surface area (Å²) in [6.45, 7) is 7.40. The van der Waals surface area contributed by atoms with Gasteiger partial charge in [0, 0.05) is 6.08 Å². The number of ether oxygens (including phenoxy) is 5. The number of rotatable bonds is 24. The second kappa shape index (κ2) is 23.5. The fourth-order valence-electron chi connectivity index (χ4n) is 5.71. The van der Waals surface area contributed by atoms with Gasteiger partial charge in [-0.2, -0.15) is 0 Å². The van der Waals surface area contributed by atoms with Crippen LogP contribution >= 0.6 is 0 Å². The number of hydrogen-bond donors (Lipinski definition) is 0. The number of esters is 3. The van der Waals surface area contributed by atoms with Crippen LogP contribution in [0.25, 0.3) is 0 Å². The summed E-state index contributed by atoms with van der Waals surface area (Å²) < 4.78 is 28.0. The highest BCUT2D eigenvalue weighted by Crippen LogP contribution is 2.29. The maximum atomic E-state index is 12.7. The Balaban J connectivity index is 1.21. The largest absolute Gasteiger partial charge is 0.494 e. The SMILES string of the molecule is C=CC(=O)OCCCCCCCCCCCOc1ccc(C(=O)OC2CCC(C(=O)Oc3ccc(OCCCCCC)cc3)CC2)cc1. The Morgan fingerprint density at radius 2 is 1.12 bits per heavy atom. The van der Waals surface area contributed by atoms with Crippen molar-refractivity contribution in [2.75, 3.05) is 19.8 Å². The smallest absolute Gasteiger partial charge is 0.338 e. The number of hydrogen-bond acceptors (Lipinski definition) is 8. The van der Waals surface area contributed by atoms with Gasteiger partial charge in [0.05, 0.1) is 31.3 Å². The quantitative estimate of drug-likeness (QED) is 0.0474. The van der Waals surface area contributed by atoms with Crippen LogP contribution in [0, 0.1) is 5.92 Å². The van der Waals surface area contributed by atoms with E-state index < -0.39 is 0 Å². The summed E-state index contributed by atoms with van der Waals surface area (Å²) in [4.78, 5) is 36.5. The van der Waals surface area contributed by atoms with Gasteiger partial charge in [0.1, 0.15) is 23.4 Å². The summed E-state index contributed by atoms with van der Waals surface area (Å²) in [5.41, 5.74) is 0.495. The Morgan fingerprint density at radius 3 is 1.67 bits per heavy atom. The Hall–Kier alpha value is -3.81. The zero-order valence-corrected chi connectivity index (χ0v) is 29.0. The molecule has 8 heteroatoms. The van der Waals surface area contributed by atoms with Crippen LogP contribution in [0.2, 0.25) is 0 Å². The second-order valence-electron chi connectivity index (χ2n) is 12.6. The van der Waals surface area contributed by atoms with E-state index in [-0.39, 0.29) is 29.9 Å². The van der Waals surface area contributed by atoms with Gasteiger partial charge in [0.25, 0.3) is 0 Å². The number of unbranched alkanes of at least 4 members (excludes halogenated alkanes) is 11. The summed E-state index contributed by atoms with van der Waals surface area (Å²) >= 11 is 0. The standard InChI is InChI=1S/C40H56O8/c1-3-5-6-14-29-45-35-25-27-37(28-26-35)48-40(43)33-19-23-36(24-20-33)47-39(42)32-17-21-34(22-18-32)44-30-15-12-10-8-7-9-11-13-16-31-46-38(41)4-2/h4,17-18,21-22,25-28,33,36H,2-3,5-16,19-20,23-24,29-31H2,1H3. The molecule has 0 atom stereocenters. The molecule has 0 aliphatic heterocycles. The highest BCUT2D eigenvalue weighted by Gasteiger charge is 2.30. The molecular formula is C40H56O8. The van der Waals surface area contributed by atoms with E-state index in [2.05, 4.69) is 13.5 Å². The first-order chi connectivity index (χ1) is 23.5. The van der Waals surface area contributed by atoms with Crippen molar-refractivity contribution in [3.63, 3.8) is 0 Å². The van der Waals surface area contributed by atoms with Crippen molar-refractivity contribution in [3.8, 4) is 17.2 Å². The second-order valence-corrected chi connectivity index (χ2v) is 12.6. The van der Waals surface area contributed by atoms with Gasteiger partial charge in [0.15, 0.2) is 0 Å². The molecule has 1 saturated carbocycles. The van der Waals surface area contributed by atoms with Gasteiger partial charge >= 0.3 is 17.9 Å². The van der Waals surface area contributed by atoms with Crippen molar-refractivity contribution in [1.29, 1.82) is 0 Å². The van der Waals surface area contributed by atoms with Crippen LogP contribution in [0.1, 0.15) is 126 Å². The molecule has 48 heavy (non-hydrogen) atoms. The zero-order chi connectivity index (χ0) is 34.2. The molecule has 2 aromatic carbocycles. The lowest BCUT2D eigenvalue weighted by Gasteiger charge is -2.27. The van der Waals surface area contributed by atoms with Crippen molar-refractivity contribution < 1.29 is 38.1 Å². The van der Waals surface area contributed by atoms with Gasteiger partial charge in [-0.15, -0.1) is 0 Å². The molecule has 1 aliphatic carbocycles. The Morgan fingerprint density at radius 1 is 0.646 bits per heavy atom. The van der Waals surface area contributed by atoms with Gasteiger partial charge in [0.2, 0.25) is 0 Å². The molecule has 0 heterocycles. The normalized spacial score (nSPS) is 15.7. The van der Waals surface area contributed by atoms with E-state index in [9.17, 15) is 14.4 Å². The van der Waals surface area contributed by atoms with Gasteiger partial charge < -0.3 is 23.7 Å². The van der Waals surface area contributed by atoms with E-state index in [1.165, 1.54) is 57.4 Å². The molecule has 0 amide bonds. The van der Waals surface area contributed by atoms with Crippen molar-refractivity contribution >= 4 is 17.9 Å². The zero-order valence-electron chi connectivity index (χ0n) is 29.0. The number of carbonyl (C=O) groups is 3. The molecular weight excluding hydrogens is 608 g/mol. The molecule has 0 unspecified atom stereocenters. The summed E-state index contributed by atoms with van der Waals surface area (Å²) in [6.07, 6.45) is 18.3. The predicted molar refractivity (Wildman–Crippen MR) is 188 cm³/mol. The summed E-state index contributed by atoms with van der Waals surface area (Å²) in [5.74, 6) is 0.898. The molecule has 0 saturated heterocycles. The van der Waals surface area contributed by atoms with E-state index in [4.69, 9.17) is 23.7 Å². The van der Waals surface area contributed by atoms with E-state index in [1.807, 2.05) is 24.3 Å². The third-order valence-corrected chi connectivity index (χ3v) is 8.65. The van der Waals surface area contributed by atoms with Crippen LogP contribution < -0.4 is 14.2 Å². The summed E-state index contributed by atoms with van der Waals surface area (Å²) in [7, 11) is 0. The highest BCUT2D eigenvalue weighted by atomic mass is 16.5. The number of benzene rings is 2. The van der Waals surface area contributed by atoms with Crippen molar-refractivity contribution in [1.82, 2.24) is 0 Å². The Labute approximate surface area is 287 Å². The number of carbonyl (C=O) groups excluding carboxylic acids is 3. The van der Waals surface area contributed by atoms with Crippen molar-refractivity contribution in [3.05, 3.63) is 66.7 Å². The molecule has 0 N–H and O–H groups in total. The van der Waals surface area contributed by atoms with Gasteiger partial charge in [-0.1, -0.05) is 77.7 Å². The molecule has 0 spiro atoms. The lowest BCUT2D eigenvalue weighted by Crippen LogP contribution is -2.30. The van der Waals surface area contributed by atoms with Crippen molar-refractivity contribution in [2.45, 2.75) is 122 Å². The molecule has 0 radical (unpaired) electrons. The first kappa shape index (κ1) is 38.6. The fraction of sp³-hybridized carbons (Fsp3) is 0.575. The summed E-state index contributed by atoms with van der Waals surface area (Å²) in [5, 5.41) is 0. The summed E-state index contributed by atoms with van der Waals surface area (Å²) in [6, 6.07) is 14.3. The van der Waals surface area contributed by atoms with Crippen LogP contribution in [-0.4, -0.2) is 43.8 Å². The minimum absolute atomic E-state index is 0.205. The topological polar surface area (TPSA) is 97.4 Å². The van der Waals surface area contributed by atoms with Gasteiger partial charge in [-0.3, -0.25) is 4.79 Å². The highest BCUT2D eigenvalue weighted by molar-refractivity contribution is 5.89. The fourth-order valence-corrected chi connectivity index (χ4v) is 5.71. The van der Waals surface area contributed by atoms with E-state index in [1.54, 1.807) is 24.3 Å². The van der Waals surface area contributed by atoms with Crippen LogP contribution in [0.15, 0.2) is 61.2 Å². The Bertz CT molecular complexity index is 1200. The first-order valence-electron chi connectivity index (χ1n) is 18.2. The average molecular weight is 665 g/mol. The predicted octanol–water partition coefficient (Wildman–Crippen LogP) is 9.59. The lowest BCUT2D eigenvalue weighted by atomic mass is 9.87. The third kappa shape index (κ3) is 15.9. The molecule has 8 nitrogen and oxygen atoms in total. The van der Waals surface area contributed by atoms with Crippen LogP contribution in [0.5, 0.6) is 17.2 Å². The van der Waals surface area contributed by atoms with Crippen LogP contribution in [0.3, 0.4) is 0 Å². The van der Waals surface area contributed by atoms with E-state index in [0.29, 0.717) is 56.8 Å². The Kier molecular flexibility index (Phi) is 18.9. The lowest BCUT2D eigenvalue weighted by molar-refractivity contribution is -0.140. The maximum absolute atomic E-state index is 12.7. The molecule has 1 aliphatic rings. The molecule has 0 aromatic heterocycles. The van der Waals surface area contributed by atoms with E-state index >= 15 is 0 Å². The van der Waals surface area contributed by atoms with Gasteiger partial charge in [-0.05, 0) is 93.5 Å². The molecule has 264 valence electrons. The van der Waals surface area contributed by atoms with Crippen LogP contribution in [0.4, 0.5) is 0 Å². The first-order valence-corrected chi connectivity index (χ1v) is 18.2. The molecule has 1 fully saturated rings. The monoisotopic (exact) mass is 664 g/mol. The van der Waals surface area contributed by atoms with E-state index in [0.717, 1.165) is 43.6 Å². The minimum Gasteiger partial charge on any atom is -0.494 e. The third-order valence-electron chi connectivity index (χ3n) is 8.65.